The number of hydrogen-bond acceptors (Lipinski definition) is 7. The third-order valence-corrected chi connectivity index (χ3v) is 6.00. The second-order valence-corrected chi connectivity index (χ2v) is 9.74. The summed E-state index contributed by atoms with van der Waals surface area (Å²) in [4.78, 5) is 20.1. The van der Waals surface area contributed by atoms with Crippen molar-refractivity contribution >= 4 is 28.2 Å². The van der Waals surface area contributed by atoms with Crippen LogP contribution in [0.15, 0.2) is 0 Å². The minimum atomic E-state index is -0.568. The highest BCUT2D eigenvalue weighted by atomic mass is 32.1. The molecule has 0 aliphatic carbocycles. The topological polar surface area (TPSA) is 89.6 Å². The van der Waals surface area contributed by atoms with Crippen LogP contribution in [0.2, 0.25) is 0 Å². The van der Waals surface area contributed by atoms with Gasteiger partial charge in [0.25, 0.3) is 0 Å². The van der Waals surface area contributed by atoms with E-state index in [0.717, 1.165) is 45.6 Å². The van der Waals surface area contributed by atoms with E-state index < -0.39 is 11.7 Å². The maximum absolute atomic E-state index is 12.8. The Bertz CT molecular complexity index is 1100. The number of rotatable bonds is 3. The number of ether oxygens (including phenoxy) is 1. The Labute approximate surface area is 180 Å². The Morgan fingerprint density at radius 1 is 1.30 bits per heavy atom. The number of aromatic nitrogens is 5. The maximum Gasteiger partial charge on any atom is 0.416 e. The van der Waals surface area contributed by atoms with Gasteiger partial charge in [-0.15, -0.1) is 0 Å². The zero-order valence-corrected chi connectivity index (χ0v) is 19.4. The summed E-state index contributed by atoms with van der Waals surface area (Å²) in [6, 6.07) is -0.103. The van der Waals surface area contributed by atoms with E-state index in [2.05, 4.69) is 10.4 Å². The molecule has 1 aliphatic heterocycles. The summed E-state index contributed by atoms with van der Waals surface area (Å²) in [6.07, 6.45) is 0.473. The molecule has 0 fully saturated rings. The fourth-order valence-corrected chi connectivity index (χ4v) is 4.77. The van der Waals surface area contributed by atoms with Crippen LogP contribution in [0.1, 0.15) is 61.4 Å². The van der Waals surface area contributed by atoms with Gasteiger partial charge in [-0.1, -0.05) is 11.3 Å². The minimum Gasteiger partial charge on any atom is -0.443 e. The molecule has 3 aromatic heterocycles. The standard InChI is InChI=1S/C20H29N7O2S/c1-8-26(19(28)29-20(4,5)6)17-11(2)15(25(7)24-17)14-16-13(9-10-21-14)22-18-27(16)23-12(3)30-18/h14,21H,8-10H2,1-7H3. The van der Waals surface area contributed by atoms with Crippen molar-refractivity contribution in [2.75, 3.05) is 18.0 Å². The van der Waals surface area contributed by atoms with Crippen LogP contribution >= 0.6 is 11.3 Å². The molecule has 10 heteroatoms. The summed E-state index contributed by atoms with van der Waals surface area (Å²) in [5, 5.41) is 14.0. The Balaban J connectivity index is 1.78. The molecule has 0 bridgehead atoms. The highest BCUT2D eigenvalue weighted by molar-refractivity contribution is 7.16. The van der Waals surface area contributed by atoms with Crippen molar-refractivity contribution in [2.45, 2.75) is 59.6 Å². The lowest BCUT2D eigenvalue weighted by molar-refractivity contribution is 0.0581. The first-order valence-corrected chi connectivity index (χ1v) is 11.0. The molecule has 3 aromatic rings. The summed E-state index contributed by atoms with van der Waals surface area (Å²) in [7, 11) is 1.91. The van der Waals surface area contributed by atoms with Crippen molar-refractivity contribution in [2.24, 2.45) is 7.05 Å². The first-order chi connectivity index (χ1) is 14.1. The van der Waals surface area contributed by atoms with Gasteiger partial charge < -0.3 is 10.1 Å². The molecule has 162 valence electrons. The van der Waals surface area contributed by atoms with Crippen molar-refractivity contribution in [1.82, 2.24) is 29.7 Å². The first kappa shape index (κ1) is 20.8. The number of nitrogens with one attached hydrogen (secondary N) is 1. The van der Waals surface area contributed by atoms with Gasteiger partial charge in [0.15, 0.2) is 5.82 Å². The minimum absolute atomic E-state index is 0.103. The van der Waals surface area contributed by atoms with E-state index in [4.69, 9.17) is 14.8 Å². The van der Waals surface area contributed by atoms with Crippen molar-refractivity contribution in [3.8, 4) is 0 Å². The van der Waals surface area contributed by atoms with Crippen molar-refractivity contribution in [3.05, 3.63) is 27.7 Å². The fraction of sp³-hybridized carbons (Fsp3) is 0.600. The van der Waals surface area contributed by atoms with Gasteiger partial charge in [0.2, 0.25) is 4.96 Å². The molecule has 0 spiro atoms. The van der Waals surface area contributed by atoms with E-state index in [1.54, 1.807) is 16.2 Å². The van der Waals surface area contributed by atoms with Crippen LogP contribution in [-0.4, -0.2) is 49.2 Å². The predicted octanol–water partition coefficient (Wildman–Crippen LogP) is 3.14. The Morgan fingerprint density at radius 2 is 2.03 bits per heavy atom. The molecule has 1 aliphatic rings. The molecular weight excluding hydrogens is 402 g/mol. The summed E-state index contributed by atoms with van der Waals surface area (Å²) >= 11 is 1.60. The summed E-state index contributed by atoms with van der Waals surface area (Å²) in [5.41, 5.74) is 3.50. The summed E-state index contributed by atoms with van der Waals surface area (Å²) in [6.45, 7) is 12.8. The molecule has 0 saturated carbocycles. The molecule has 1 atom stereocenters. The van der Waals surface area contributed by atoms with E-state index >= 15 is 0 Å². The van der Waals surface area contributed by atoms with E-state index in [1.165, 1.54) is 0 Å². The molecule has 9 nitrogen and oxygen atoms in total. The van der Waals surface area contributed by atoms with Gasteiger partial charge in [-0.25, -0.2) is 14.3 Å². The normalized spacial score (nSPS) is 16.7. The SMILES string of the molecule is CCN(C(=O)OC(C)(C)C)c1nn(C)c(C2NCCc3nc4sc(C)nn4c32)c1C. The van der Waals surface area contributed by atoms with Gasteiger partial charge in [-0.2, -0.15) is 10.2 Å². The third kappa shape index (κ3) is 3.47. The Hall–Kier alpha value is -2.46. The van der Waals surface area contributed by atoms with E-state index in [1.807, 2.05) is 57.8 Å². The number of carbonyl (C=O) groups is 1. The van der Waals surface area contributed by atoms with E-state index in [9.17, 15) is 4.79 Å². The fourth-order valence-electron chi connectivity index (χ4n) is 4.00. The Kier molecular flexibility index (Phi) is 5.09. The van der Waals surface area contributed by atoms with Crippen molar-refractivity contribution in [1.29, 1.82) is 0 Å². The van der Waals surface area contributed by atoms with Crippen LogP contribution in [0.3, 0.4) is 0 Å². The molecular formula is C20H29N7O2S. The van der Waals surface area contributed by atoms with Crippen LogP contribution in [0.25, 0.3) is 4.96 Å². The maximum atomic E-state index is 12.8. The molecule has 4 heterocycles. The number of aryl methyl sites for hydroxylation is 2. The predicted molar refractivity (Wildman–Crippen MR) is 116 cm³/mol. The zero-order valence-electron chi connectivity index (χ0n) is 18.6. The van der Waals surface area contributed by atoms with Crippen LogP contribution in [-0.2, 0) is 18.2 Å². The molecule has 1 unspecified atom stereocenters. The van der Waals surface area contributed by atoms with Crippen LogP contribution in [0.5, 0.6) is 0 Å². The van der Waals surface area contributed by atoms with Gasteiger partial charge >= 0.3 is 6.09 Å². The quantitative estimate of drug-likeness (QED) is 0.685. The number of amides is 1. The zero-order chi connectivity index (χ0) is 21.8. The number of imidazole rings is 1. The molecule has 30 heavy (non-hydrogen) atoms. The molecule has 4 rings (SSSR count). The summed E-state index contributed by atoms with van der Waals surface area (Å²) < 4.78 is 9.40. The van der Waals surface area contributed by atoms with Crippen molar-refractivity contribution < 1.29 is 9.53 Å². The first-order valence-electron chi connectivity index (χ1n) is 10.2. The number of fused-ring (bicyclic) bond motifs is 3. The third-order valence-electron chi connectivity index (χ3n) is 5.17. The van der Waals surface area contributed by atoms with E-state index in [0.29, 0.717) is 12.4 Å². The summed E-state index contributed by atoms with van der Waals surface area (Å²) in [5.74, 6) is 0.619. The Morgan fingerprint density at radius 3 is 2.70 bits per heavy atom. The number of carbonyl (C=O) groups excluding carboxylic acids is 1. The molecule has 1 amide bonds. The smallest absolute Gasteiger partial charge is 0.416 e. The van der Waals surface area contributed by atoms with Crippen LogP contribution in [0, 0.1) is 13.8 Å². The second kappa shape index (κ2) is 7.35. The lowest BCUT2D eigenvalue weighted by Gasteiger charge is -2.26. The molecule has 1 N–H and O–H groups in total. The van der Waals surface area contributed by atoms with Gasteiger partial charge in [0, 0.05) is 32.1 Å². The number of hydrogen-bond donors (Lipinski definition) is 1. The lowest BCUT2D eigenvalue weighted by atomic mass is 9.99. The van der Waals surface area contributed by atoms with E-state index in [-0.39, 0.29) is 6.04 Å². The van der Waals surface area contributed by atoms with Gasteiger partial charge in [0.1, 0.15) is 10.6 Å². The van der Waals surface area contributed by atoms with Crippen LogP contribution in [0.4, 0.5) is 10.6 Å². The van der Waals surface area contributed by atoms with Gasteiger partial charge in [0.05, 0.1) is 23.1 Å². The number of nitrogens with zero attached hydrogens (tertiary/aromatic N) is 6. The molecule has 0 saturated heterocycles. The number of anilines is 1. The average molecular weight is 432 g/mol. The van der Waals surface area contributed by atoms with Gasteiger partial charge in [-0.3, -0.25) is 9.58 Å². The molecule has 0 aromatic carbocycles. The van der Waals surface area contributed by atoms with Gasteiger partial charge in [-0.05, 0) is 41.5 Å². The average Bonchev–Trinajstić information content (AvgIpc) is 3.24. The largest absolute Gasteiger partial charge is 0.443 e. The highest BCUT2D eigenvalue weighted by Crippen LogP contribution is 2.35. The highest BCUT2D eigenvalue weighted by Gasteiger charge is 2.34. The van der Waals surface area contributed by atoms with Crippen molar-refractivity contribution in [3.63, 3.8) is 0 Å². The second-order valence-electron chi connectivity index (χ2n) is 8.58. The molecule has 0 radical (unpaired) electrons. The lowest BCUT2D eigenvalue weighted by Crippen LogP contribution is -2.37. The van der Waals surface area contributed by atoms with Crippen LogP contribution < -0.4 is 10.2 Å². The monoisotopic (exact) mass is 431 g/mol.